The Morgan fingerprint density at radius 2 is 1.95 bits per heavy atom. The topological polar surface area (TPSA) is 116 Å². The third kappa shape index (κ3) is 2.69. The molecule has 0 aliphatic carbocycles. The second-order valence-corrected chi connectivity index (χ2v) is 5.88. The van der Waals surface area contributed by atoms with Gasteiger partial charge < -0.3 is 14.9 Å². The first-order valence-electron chi connectivity index (χ1n) is 5.94. The third-order valence-corrected chi connectivity index (χ3v) is 4.19. The quantitative estimate of drug-likeness (QED) is 0.567. The van der Waals surface area contributed by atoms with Gasteiger partial charge in [0.2, 0.25) is 6.79 Å². The summed E-state index contributed by atoms with van der Waals surface area (Å²) in [6.07, 6.45) is 1.21. The van der Waals surface area contributed by atoms with Crippen LogP contribution in [0.4, 0.5) is 11.5 Å². The van der Waals surface area contributed by atoms with E-state index in [1.165, 1.54) is 18.3 Å². The van der Waals surface area contributed by atoms with E-state index in [0.29, 0.717) is 23.0 Å². The molecule has 2 heterocycles. The van der Waals surface area contributed by atoms with Crippen LogP contribution in [-0.2, 0) is 10.0 Å². The molecule has 1 aromatic carbocycles. The van der Waals surface area contributed by atoms with Gasteiger partial charge in [-0.3, -0.25) is 4.72 Å². The van der Waals surface area contributed by atoms with Crippen LogP contribution in [0.15, 0.2) is 41.4 Å². The number of hydrogen-bond donors (Lipinski definition) is 3. The Hall–Kier alpha value is -2.52. The highest BCUT2D eigenvalue weighted by atomic mass is 32.2. The van der Waals surface area contributed by atoms with Crippen molar-refractivity contribution in [1.82, 2.24) is 4.98 Å². The van der Waals surface area contributed by atoms with Crippen molar-refractivity contribution in [2.45, 2.75) is 4.90 Å². The first-order chi connectivity index (χ1) is 10.1. The second kappa shape index (κ2) is 5.11. The molecule has 0 amide bonds. The molecule has 1 aliphatic rings. The molecule has 0 fully saturated rings. The average Bonchev–Trinajstić information content (AvgIpc) is 2.94. The summed E-state index contributed by atoms with van der Waals surface area (Å²) in [6.45, 7) is 0.128. The number of hydrogen-bond acceptors (Lipinski definition) is 7. The molecule has 3 rings (SSSR count). The van der Waals surface area contributed by atoms with Crippen LogP contribution in [0.5, 0.6) is 11.5 Å². The van der Waals surface area contributed by atoms with Gasteiger partial charge in [-0.1, -0.05) is 0 Å². The molecular weight excluding hydrogens is 296 g/mol. The number of rotatable bonds is 4. The molecule has 1 aromatic heterocycles. The summed E-state index contributed by atoms with van der Waals surface area (Å²) in [4.78, 5) is 3.89. The van der Waals surface area contributed by atoms with Crippen LogP contribution < -0.4 is 25.5 Å². The molecule has 0 radical (unpaired) electrons. The molecule has 8 nitrogen and oxygen atoms in total. The summed E-state index contributed by atoms with van der Waals surface area (Å²) >= 11 is 0. The highest BCUT2D eigenvalue weighted by molar-refractivity contribution is 7.92. The SMILES string of the molecule is NNc1ccc(S(=O)(=O)Nc2ccc3c(c2)OCO3)cn1. The van der Waals surface area contributed by atoms with Crippen LogP contribution in [0.3, 0.4) is 0 Å². The molecule has 21 heavy (non-hydrogen) atoms. The lowest BCUT2D eigenvalue weighted by molar-refractivity contribution is 0.174. The van der Waals surface area contributed by atoms with Crippen LogP contribution >= 0.6 is 0 Å². The Morgan fingerprint density at radius 3 is 2.67 bits per heavy atom. The van der Waals surface area contributed by atoms with Crippen molar-refractivity contribution in [3.63, 3.8) is 0 Å². The molecule has 2 aromatic rings. The molecular formula is C12H12N4O4S. The van der Waals surface area contributed by atoms with Crippen LogP contribution in [0.25, 0.3) is 0 Å². The van der Waals surface area contributed by atoms with Crippen molar-refractivity contribution in [2.75, 3.05) is 16.9 Å². The van der Waals surface area contributed by atoms with Gasteiger partial charge in [-0.25, -0.2) is 19.2 Å². The number of nitrogen functional groups attached to an aromatic ring is 1. The predicted molar refractivity (Wildman–Crippen MR) is 75.4 cm³/mol. The number of pyridine rings is 1. The zero-order chi connectivity index (χ0) is 14.9. The number of nitrogens with zero attached hydrogens (tertiary/aromatic N) is 1. The van der Waals surface area contributed by atoms with Gasteiger partial charge in [-0.2, -0.15) is 0 Å². The first-order valence-corrected chi connectivity index (χ1v) is 7.42. The summed E-state index contributed by atoms with van der Waals surface area (Å²) in [5.74, 6) is 6.63. The van der Waals surface area contributed by atoms with Gasteiger partial charge in [0, 0.05) is 12.3 Å². The Balaban J connectivity index is 1.85. The minimum atomic E-state index is -3.73. The minimum absolute atomic E-state index is 0.0270. The maximum atomic E-state index is 12.2. The van der Waals surface area contributed by atoms with E-state index in [2.05, 4.69) is 15.1 Å². The van der Waals surface area contributed by atoms with E-state index in [1.54, 1.807) is 18.2 Å². The number of anilines is 2. The summed E-state index contributed by atoms with van der Waals surface area (Å²) in [5.41, 5.74) is 2.70. The third-order valence-electron chi connectivity index (χ3n) is 2.82. The fourth-order valence-electron chi connectivity index (χ4n) is 1.80. The van der Waals surface area contributed by atoms with Crippen LogP contribution in [-0.4, -0.2) is 20.2 Å². The normalized spacial score (nSPS) is 13.0. The number of nitrogens with two attached hydrogens (primary N) is 1. The summed E-state index contributed by atoms with van der Waals surface area (Å²) in [6, 6.07) is 7.66. The van der Waals surface area contributed by atoms with Gasteiger partial charge in [-0.05, 0) is 24.3 Å². The van der Waals surface area contributed by atoms with Crippen molar-refractivity contribution in [1.29, 1.82) is 0 Å². The van der Waals surface area contributed by atoms with E-state index < -0.39 is 10.0 Å². The fourth-order valence-corrected chi connectivity index (χ4v) is 2.79. The molecule has 0 spiro atoms. The summed E-state index contributed by atoms with van der Waals surface area (Å²) in [5, 5.41) is 0. The molecule has 1 aliphatic heterocycles. The lowest BCUT2D eigenvalue weighted by Crippen LogP contribution is -2.14. The average molecular weight is 308 g/mol. The molecule has 4 N–H and O–H groups in total. The zero-order valence-electron chi connectivity index (χ0n) is 10.7. The van der Waals surface area contributed by atoms with Gasteiger partial charge >= 0.3 is 0 Å². The van der Waals surface area contributed by atoms with Crippen LogP contribution in [0.2, 0.25) is 0 Å². The smallest absolute Gasteiger partial charge is 0.263 e. The van der Waals surface area contributed by atoms with Crippen molar-refractivity contribution in [3.05, 3.63) is 36.5 Å². The number of nitrogens with one attached hydrogen (secondary N) is 2. The fraction of sp³-hybridized carbons (Fsp3) is 0.0833. The molecule has 0 atom stereocenters. The highest BCUT2D eigenvalue weighted by Crippen LogP contribution is 2.34. The Bertz CT molecular complexity index is 761. The van der Waals surface area contributed by atoms with E-state index in [9.17, 15) is 8.42 Å². The van der Waals surface area contributed by atoms with Crippen molar-refractivity contribution in [3.8, 4) is 11.5 Å². The van der Waals surface area contributed by atoms with Gasteiger partial charge in [0.25, 0.3) is 10.0 Å². The van der Waals surface area contributed by atoms with E-state index in [-0.39, 0.29) is 11.7 Å². The Kier molecular flexibility index (Phi) is 3.28. The van der Waals surface area contributed by atoms with E-state index in [1.807, 2.05) is 0 Å². The number of fused-ring (bicyclic) bond motifs is 1. The molecule has 0 saturated heterocycles. The number of hydrazine groups is 1. The second-order valence-electron chi connectivity index (χ2n) is 4.20. The van der Waals surface area contributed by atoms with Gasteiger partial charge in [-0.15, -0.1) is 0 Å². The van der Waals surface area contributed by atoms with Crippen molar-refractivity contribution < 1.29 is 17.9 Å². The van der Waals surface area contributed by atoms with E-state index in [0.717, 1.165) is 0 Å². The molecule has 9 heteroatoms. The Morgan fingerprint density at radius 1 is 1.14 bits per heavy atom. The standard InChI is InChI=1S/C12H12N4O4S/c13-15-12-4-2-9(6-14-12)21(17,18)16-8-1-3-10-11(5-8)20-7-19-10/h1-6,16H,7,13H2,(H,14,15). The Labute approximate surface area is 120 Å². The van der Waals surface area contributed by atoms with Crippen molar-refractivity contribution >= 4 is 21.5 Å². The maximum absolute atomic E-state index is 12.2. The number of benzene rings is 1. The van der Waals surface area contributed by atoms with Gasteiger partial charge in [0.05, 0.1) is 5.69 Å². The highest BCUT2D eigenvalue weighted by Gasteiger charge is 2.18. The zero-order valence-corrected chi connectivity index (χ0v) is 11.6. The van der Waals surface area contributed by atoms with E-state index >= 15 is 0 Å². The maximum Gasteiger partial charge on any atom is 0.263 e. The summed E-state index contributed by atoms with van der Waals surface area (Å²) < 4.78 is 37.3. The molecule has 0 bridgehead atoms. The number of sulfonamides is 1. The monoisotopic (exact) mass is 308 g/mol. The largest absolute Gasteiger partial charge is 0.454 e. The lowest BCUT2D eigenvalue weighted by Gasteiger charge is -2.09. The van der Waals surface area contributed by atoms with Crippen LogP contribution in [0, 0.1) is 0 Å². The minimum Gasteiger partial charge on any atom is -0.454 e. The lowest BCUT2D eigenvalue weighted by atomic mass is 10.3. The molecule has 110 valence electrons. The first kappa shape index (κ1) is 13.5. The van der Waals surface area contributed by atoms with Crippen LogP contribution in [0.1, 0.15) is 0 Å². The molecule has 0 unspecified atom stereocenters. The number of ether oxygens (including phenoxy) is 2. The van der Waals surface area contributed by atoms with Gasteiger partial charge in [0.15, 0.2) is 11.5 Å². The number of aromatic nitrogens is 1. The van der Waals surface area contributed by atoms with Crippen molar-refractivity contribution in [2.24, 2.45) is 5.84 Å². The molecule has 0 saturated carbocycles. The summed E-state index contributed by atoms with van der Waals surface area (Å²) in [7, 11) is -3.73. The van der Waals surface area contributed by atoms with E-state index in [4.69, 9.17) is 15.3 Å². The predicted octanol–water partition coefficient (Wildman–Crippen LogP) is 0.897. The van der Waals surface area contributed by atoms with Gasteiger partial charge in [0.1, 0.15) is 10.7 Å².